The average Bonchev–Trinajstić information content (AvgIpc) is 2.59. The van der Waals surface area contributed by atoms with Gasteiger partial charge in [-0.25, -0.2) is 19.6 Å². The van der Waals surface area contributed by atoms with Gasteiger partial charge in [0.1, 0.15) is 0 Å². The summed E-state index contributed by atoms with van der Waals surface area (Å²) in [4.78, 5) is 49.2. The minimum atomic E-state index is -0.716. The number of fused-ring (bicyclic) bond motifs is 1. The molecular weight excluding hydrogens is 340 g/mol. The lowest BCUT2D eigenvalue weighted by atomic mass is 10.0. The molecule has 0 unspecified atom stereocenters. The minimum Gasteiger partial charge on any atom is -0.462 e. The lowest BCUT2D eigenvalue weighted by Gasteiger charge is -2.10. The van der Waals surface area contributed by atoms with E-state index < -0.39 is 17.5 Å². The average molecular weight is 360 g/mol. The zero-order valence-electron chi connectivity index (χ0n) is 15.0. The fraction of sp³-hybridized carbons (Fsp3) is 0.353. The zero-order valence-corrected chi connectivity index (χ0v) is 15.0. The van der Waals surface area contributed by atoms with E-state index in [9.17, 15) is 14.4 Å². The van der Waals surface area contributed by atoms with E-state index in [0.29, 0.717) is 0 Å². The molecule has 1 aromatic heterocycles. The van der Waals surface area contributed by atoms with Crippen molar-refractivity contribution < 1.29 is 19.1 Å². The zero-order chi connectivity index (χ0) is 19.3. The molecular formula is C17H20N4O5. The molecule has 0 fully saturated rings. The number of hydrogen-bond donors (Lipinski definition) is 1. The van der Waals surface area contributed by atoms with E-state index in [4.69, 9.17) is 9.47 Å². The van der Waals surface area contributed by atoms with E-state index in [1.807, 2.05) is 0 Å². The van der Waals surface area contributed by atoms with Gasteiger partial charge < -0.3 is 14.4 Å². The second-order valence-electron chi connectivity index (χ2n) is 5.45. The smallest absolute Gasteiger partial charge is 0.339 e. The van der Waals surface area contributed by atoms with Crippen LogP contribution < -0.4 is 5.56 Å². The molecule has 0 aliphatic rings. The molecule has 0 atom stereocenters. The predicted molar refractivity (Wildman–Crippen MR) is 96.1 cm³/mol. The van der Waals surface area contributed by atoms with Crippen LogP contribution in [0.4, 0.5) is 5.95 Å². The van der Waals surface area contributed by atoms with Gasteiger partial charge in [0.25, 0.3) is 5.56 Å². The van der Waals surface area contributed by atoms with Crippen LogP contribution in [0.1, 0.15) is 34.6 Å². The summed E-state index contributed by atoms with van der Waals surface area (Å²) in [5, 5.41) is 0.143. The number of rotatable bonds is 6. The van der Waals surface area contributed by atoms with Gasteiger partial charge in [0.2, 0.25) is 5.95 Å². The predicted octanol–water partition coefficient (Wildman–Crippen LogP) is 1.50. The van der Waals surface area contributed by atoms with Gasteiger partial charge in [-0.2, -0.15) is 0 Å². The monoisotopic (exact) mass is 360 g/mol. The Morgan fingerprint density at radius 3 is 2.27 bits per heavy atom. The molecule has 0 saturated carbocycles. The van der Waals surface area contributed by atoms with Gasteiger partial charge in [0.05, 0.1) is 41.6 Å². The van der Waals surface area contributed by atoms with E-state index in [0.717, 1.165) is 0 Å². The fourth-order valence-corrected chi connectivity index (χ4v) is 2.16. The molecule has 26 heavy (non-hydrogen) atoms. The molecule has 0 bridgehead atoms. The Balaban J connectivity index is 2.68. The quantitative estimate of drug-likeness (QED) is 0.472. The molecule has 2 aromatic rings. The summed E-state index contributed by atoms with van der Waals surface area (Å²) < 4.78 is 9.95. The first-order valence-electron chi connectivity index (χ1n) is 8.00. The Morgan fingerprint density at radius 2 is 1.73 bits per heavy atom. The molecule has 9 heteroatoms. The Kier molecular flexibility index (Phi) is 6.05. The summed E-state index contributed by atoms with van der Waals surface area (Å²) in [7, 11) is 3.54. The summed E-state index contributed by atoms with van der Waals surface area (Å²) in [5.41, 5.74) is -0.328. The Bertz CT molecular complexity index is 917. The number of benzene rings is 1. The van der Waals surface area contributed by atoms with Crippen molar-refractivity contribution in [2.24, 2.45) is 4.99 Å². The Morgan fingerprint density at radius 1 is 1.15 bits per heavy atom. The summed E-state index contributed by atoms with van der Waals surface area (Å²) in [6, 6.07) is 2.62. The van der Waals surface area contributed by atoms with Gasteiger partial charge in [-0.1, -0.05) is 0 Å². The van der Waals surface area contributed by atoms with E-state index in [2.05, 4.69) is 15.0 Å². The highest BCUT2D eigenvalue weighted by Gasteiger charge is 2.22. The maximum Gasteiger partial charge on any atom is 0.339 e. The lowest BCUT2D eigenvalue weighted by Crippen LogP contribution is -2.17. The maximum atomic E-state index is 12.3. The summed E-state index contributed by atoms with van der Waals surface area (Å²) in [6.07, 6.45) is 1.48. The molecule has 138 valence electrons. The number of aromatic nitrogens is 2. The topological polar surface area (TPSA) is 114 Å². The van der Waals surface area contributed by atoms with Crippen LogP contribution in [0.3, 0.4) is 0 Å². The van der Waals surface area contributed by atoms with Crippen molar-refractivity contribution in [3.63, 3.8) is 0 Å². The van der Waals surface area contributed by atoms with Crippen molar-refractivity contribution in [1.29, 1.82) is 0 Å². The summed E-state index contributed by atoms with van der Waals surface area (Å²) in [5.74, 6) is -1.33. The molecule has 1 N–H and O–H groups in total. The number of carbonyl (C=O) groups excluding carboxylic acids is 2. The van der Waals surface area contributed by atoms with Crippen molar-refractivity contribution in [2.75, 3.05) is 27.3 Å². The fourth-order valence-electron chi connectivity index (χ4n) is 2.16. The molecule has 0 radical (unpaired) electrons. The van der Waals surface area contributed by atoms with Gasteiger partial charge in [-0.05, 0) is 26.0 Å². The third kappa shape index (κ3) is 4.24. The van der Waals surface area contributed by atoms with Crippen molar-refractivity contribution >= 4 is 35.1 Å². The van der Waals surface area contributed by atoms with Crippen LogP contribution in [0, 0.1) is 0 Å². The number of carbonyl (C=O) groups is 2. The molecule has 0 amide bonds. The summed E-state index contributed by atoms with van der Waals surface area (Å²) >= 11 is 0. The minimum absolute atomic E-state index is 0.0153. The van der Waals surface area contributed by atoms with Crippen molar-refractivity contribution in [1.82, 2.24) is 14.9 Å². The first kappa shape index (κ1) is 19.1. The molecule has 1 aromatic carbocycles. The van der Waals surface area contributed by atoms with E-state index in [1.54, 1.807) is 32.8 Å². The normalized spacial score (nSPS) is 10.9. The van der Waals surface area contributed by atoms with Crippen molar-refractivity contribution in [2.45, 2.75) is 13.8 Å². The number of H-pyrrole nitrogens is 1. The van der Waals surface area contributed by atoms with Gasteiger partial charge in [0.15, 0.2) is 0 Å². The second kappa shape index (κ2) is 8.24. The van der Waals surface area contributed by atoms with Crippen LogP contribution in [0.5, 0.6) is 0 Å². The highest BCUT2D eigenvalue weighted by molar-refractivity contribution is 6.06. The van der Waals surface area contributed by atoms with Crippen LogP contribution in [-0.2, 0) is 9.47 Å². The van der Waals surface area contributed by atoms with Gasteiger partial charge in [-0.3, -0.25) is 9.78 Å². The molecule has 2 rings (SSSR count). The Labute approximate surface area is 149 Å². The second-order valence-corrected chi connectivity index (χ2v) is 5.45. The highest BCUT2D eigenvalue weighted by Crippen LogP contribution is 2.20. The maximum absolute atomic E-state index is 12.3. The molecule has 0 aliphatic heterocycles. The van der Waals surface area contributed by atoms with E-state index in [1.165, 1.54) is 18.5 Å². The number of aromatic amines is 1. The lowest BCUT2D eigenvalue weighted by molar-refractivity contribution is 0.0479. The van der Waals surface area contributed by atoms with Crippen LogP contribution in [0.2, 0.25) is 0 Å². The van der Waals surface area contributed by atoms with Crippen LogP contribution >= 0.6 is 0 Å². The Hall–Kier alpha value is -3.23. The molecule has 0 spiro atoms. The van der Waals surface area contributed by atoms with E-state index in [-0.39, 0.29) is 41.2 Å². The number of hydrogen-bond acceptors (Lipinski definition) is 7. The van der Waals surface area contributed by atoms with Crippen LogP contribution in [-0.4, -0.2) is 60.5 Å². The standard InChI is InChI=1S/C17H20N4O5/c1-5-25-15(23)10-7-12-13(8-11(10)16(24)26-6-2)19-17(20-14(12)22)18-9-21(3)4/h7-9H,5-6H2,1-4H3,(H,19,20,22)/b18-9+. The van der Waals surface area contributed by atoms with Crippen molar-refractivity contribution in [3.8, 4) is 0 Å². The SMILES string of the molecule is CCOC(=O)c1cc2nc(/N=C/N(C)C)[nH]c(=O)c2cc1C(=O)OCC. The number of aliphatic imine (C=N–C) groups is 1. The number of nitrogens with one attached hydrogen (secondary N) is 1. The molecule has 1 heterocycles. The van der Waals surface area contributed by atoms with Crippen molar-refractivity contribution in [3.05, 3.63) is 33.6 Å². The van der Waals surface area contributed by atoms with Crippen LogP contribution in [0.15, 0.2) is 21.9 Å². The van der Waals surface area contributed by atoms with E-state index >= 15 is 0 Å². The van der Waals surface area contributed by atoms with Gasteiger partial charge in [0, 0.05) is 14.1 Å². The largest absolute Gasteiger partial charge is 0.462 e. The first-order chi connectivity index (χ1) is 12.4. The summed E-state index contributed by atoms with van der Waals surface area (Å²) in [6.45, 7) is 3.57. The van der Waals surface area contributed by atoms with Gasteiger partial charge >= 0.3 is 11.9 Å². The highest BCUT2D eigenvalue weighted by atomic mass is 16.5. The number of nitrogens with zero attached hydrogens (tertiary/aromatic N) is 3. The third-order valence-electron chi connectivity index (χ3n) is 3.23. The van der Waals surface area contributed by atoms with Crippen LogP contribution in [0.25, 0.3) is 10.9 Å². The first-order valence-corrected chi connectivity index (χ1v) is 8.00. The number of esters is 2. The van der Waals surface area contributed by atoms with Gasteiger partial charge in [-0.15, -0.1) is 0 Å². The number of ether oxygens (including phenoxy) is 2. The third-order valence-corrected chi connectivity index (χ3v) is 3.23. The molecule has 9 nitrogen and oxygen atoms in total. The molecule has 0 aliphatic carbocycles. The molecule has 0 saturated heterocycles.